The summed E-state index contributed by atoms with van der Waals surface area (Å²) >= 11 is 0. The van der Waals surface area contributed by atoms with Gasteiger partial charge in [0.25, 0.3) is 5.91 Å². The van der Waals surface area contributed by atoms with Crippen molar-refractivity contribution >= 4 is 33.0 Å². The molecule has 0 atom stereocenters. The standard InChI is InChI=1S/C28H35N5O4S/c1-19-8-13-31(14-9-19)28(35)27-20(2)30-33-17-12-23(18-26(27)33)22-10-15-32(16-11-22)38(36,37)25-6-4-24(5-7-25)29-21(3)34/h4-7,12,17-19,22H,8-11,13-16H2,1-3H3,(H,29,34). The highest BCUT2D eigenvalue weighted by Crippen LogP contribution is 2.33. The Hall–Kier alpha value is -3.24. The highest BCUT2D eigenvalue weighted by atomic mass is 32.2. The number of pyridine rings is 1. The van der Waals surface area contributed by atoms with E-state index < -0.39 is 10.0 Å². The largest absolute Gasteiger partial charge is 0.339 e. The molecule has 2 amide bonds. The van der Waals surface area contributed by atoms with E-state index in [0.717, 1.165) is 42.7 Å². The highest BCUT2D eigenvalue weighted by Gasteiger charge is 2.31. The van der Waals surface area contributed by atoms with Crippen molar-refractivity contribution in [2.45, 2.75) is 57.3 Å². The van der Waals surface area contributed by atoms with Gasteiger partial charge in [-0.15, -0.1) is 0 Å². The number of sulfonamides is 1. The van der Waals surface area contributed by atoms with E-state index in [-0.39, 0.29) is 22.6 Å². The summed E-state index contributed by atoms with van der Waals surface area (Å²) in [4.78, 5) is 26.8. The number of likely N-dealkylation sites (tertiary alicyclic amines) is 1. The number of nitrogens with one attached hydrogen (secondary N) is 1. The van der Waals surface area contributed by atoms with Crippen LogP contribution in [0.2, 0.25) is 0 Å². The number of carbonyl (C=O) groups excluding carboxylic acids is 2. The zero-order chi connectivity index (χ0) is 27.0. The Kier molecular flexibility index (Phi) is 7.28. The van der Waals surface area contributed by atoms with Crippen LogP contribution in [0.5, 0.6) is 0 Å². The van der Waals surface area contributed by atoms with E-state index in [1.807, 2.05) is 24.1 Å². The Morgan fingerprint density at radius 3 is 2.26 bits per heavy atom. The number of hydrogen-bond donors (Lipinski definition) is 1. The van der Waals surface area contributed by atoms with Gasteiger partial charge in [0.2, 0.25) is 15.9 Å². The second-order valence-corrected chi connectivity index (χ2v) is 12.5. The molecular weight excluding hydrogens is 502 g/mol. The Bertz CT molecular complexity index is 1450. The van der Waals surface area contributed by atoms with E-state index in [0.29, 0.717) is 43.1 Å². The lowest BCUT2D eigenvalue weighted by Gasteiger charge is -2.31. The Morgan fingerprint density at radius 1 is 0.974 bits per heavy atom. The van der Waals surface area contributed by atoms with Crippen molar-refractivity contribution in [2.75, 3.05) is 31.5 Å². The maximum absolute atomic E-state index is 13.4. The molecule has 0 spiro atoms. The first-order valence-electron chi connectivity index (χ1n) is 13.3. The van der Waals surface area contributed by atoms with Gasteiger partial charge in [-0.05, 0) is 86.4 Å². The van der Waals surface area contributed by atoms with Crippen LogP contribution in [0.3, 0.4) is 0 Å². The van der Waals surface area contributed by atoms with Gasteiger partial charge in [-0.3, -0.25) is 9.59 Å². The third-order valence-electron chi connectivity index (χ3n) is 7.86. The summed E-state index contributed by atoms with van der Waals surface area (Å²) in [6.45, 7) is 7.92. The van der Waals surface area contributed by atoms with Gasteiger partial charge in [0.15, 0.2) is 0 Å². The number of aromatic nitrogens is 2. The predicted octanol–water partition coefficient (Wildman–Crippen LogP) is 4.04. The monoisotopic (exact) mass is 537 g/mol. The van der Waals surface area contributed by atoms with Crippen molar-refractivity contribution in [3.63, 3.8) is 0 Å². The molecule has 0 radical (unpaired) electrons. The van der Waals surface area contributed by atoms with Crippen LogP contribution in [-0.4, -0.2) is 65.2 Å². The summed E-state index contributed by atoms with van der Waals surface area (Å²) in [6.07, 6.45) is 5.35. The van der Waals surface area contributed by atoms with E-state index in [1.54, 1.807) is 16.6 Å². The lowest BCUT2D eigenvalue weighted by molar-refractivity contribution is -0.114. The Morgan fingerprint density at radius 2 is 1.63 bits per heavy atom. The summed E-state index contributed by atoms with van der Waals surface area (Å²) in [5.41, 5.74) is 3.89. The molecule has 0 bridgehead atoms. The van der Waals surface area contributed by atoms with E-state index in [4.69, 9.17) is 0 Å². The molecule has 0 saturated carbocycles. The third kappa shape index (κ3) is 5.19. The molecule has 2 saturated heterocycles. The molecule has 3 aromatic rings. The molecule has 2 aromatic heterocycles. The number of hydrogen-bond acceptors (Lipinski definition) is 5. The number of carbonyl (C=O) groups is 2. The smallest absolute Gasteiger partial charge is 0.257 e. The van der Waals surface area contributed by atoms with Crippen molar-refractivity contribution in [3.8, 4) is 0 Å². The highest BCUT2D eigenvalue weighted by molar-refractivity contribution is 7.89. The molecule has 2 aliphatic heterocycles. The van der Waals surface area contributed by atoms with Crippen LogP contribution in [-0.2, 0) is 14.8 Å². The molecule has 38 heavy (non-hydrogen) atoms. The topological polar surface area (TPSA) is 104 Å². The van der Waals surface area contributed by atoms with E-state index in [2.05, 4.69) is 23.4 Å². The summed E-state index contributed by atoms with van der Waals surface area (Å²) < 4.78 is 29.7. The van der Waals surface area contributed by atoms with E-state index >= 15 is 0 Å². The average Bonchev–Trinajstić information content (AvgIpc) is 3.23. The summed E-state index contributed by atoms with van der Waals surface area (Å²) in [6, 6.07) is 10.4. The summed E-state index contributed by atoms with van der Waals surface area (Å²) in [5, 5.41) is 7.24. The van der Waals surface area contributed by atoms with Gasteiger partial charge in [-0.2, -0.15) is 9.40 Å². The Labute approximate surface area is 223 Å². The van der Waals surface area contributed by atoms with Gasteiger partial charge in [0.05, 0.1) is 21.7 Å². The summed E-state index contributed by atoms with van der Waals surface area (Å²) in [7, 11) is -3.62. The average molecular weight is 538 g/mol. The van der Waals surface area contributed by atoms with Crippen molar-refractivity contribution in [3.05, 3.63) is 59.4 Å². The molecule has 0 aliphatic carbocycles. The van der Waals surface area contributed by atoms with Gasteiger partial charge in [-0.1, -0.05) is 6.92 Å². The minimum Gasteiger partial charge on any atom is -0.339 e. The second kappa shape index (κ2) is 10.5. The zero-order valence-corrected chi connectivity index (χ0v) is 23.0. The molecule has 5 rings (SSSR count). The molecule has 1 N–H and O–H groups in total. The van der Waals surface area contributed by atoms with Crippen LogP contribution in [0.25, 0.3) is 5.52 Å². The second-order valence-electron chi connectivity index (χ2n) is 10.6. The van der Waals surface area contributed by atoms with Crippen molar-refractivity contribution in [1.82, 2.24) is 18.8 Å². The number of anilines is 1. The molecule has 10 heteroatoms. The van der Waals surface area contributed by atoms with Gasteiger partial charge < -0.3 is 10.2 Å². The van der Waals surface area contributed by atoms with Crippen LogP contribution in [0.4, 0.5) is 5.69 Å². The lowest BCUT2D eigenvalue weighted by atomic mass is 9.90. The van der Waals surface area contributed by atoms with Crippen LogP contribution in [0.15, 0.2) is 47.5 Å². The molecule has 202 valence electrons. The van der Waals surface area contributed by atoms with Gasteiger partial charge in [-0.25, -0.2) is 12.9 Å². The lowest BCUT2D eigenvalue weighted by Crippen LogP contribution is -2.38. The first kappa shape index (κ1) is 26.4. The number of rotatable bonds is 5. The zero-order valence-electron chi connectivity index (χ0n) is 22.2. The molecular formula is C28H35N5O4S. The fourth-order valence-electron chi connectivity index (χ4n) is 5.56. The number of piperidine rings is 2. The van der Waals surface area contributed by atoms with Crippen molar-refractivity contribution < 1.29 is 18.0 Å². The minimum absolute atomic E-state index is 0.0481. The first-order valence-corrected chi connectivity index (χ1v) is 14.7. The number of nitrogens with zero attached hydrogens (tertiary/aromatic N) is 4. The molecule has 9 nitrogen and oxygen atoms in total. The van der Waals surface area contributed by atoms with Crippen molar-refractivity contribution in [2.24, 2.45) is 5.92 Å². The normalized spacial score (nSPS) is 18.1. The molecule has 2 aliphatic rings. The SMILES string of the molecule is CC(=O)Nc1ccc(S(=O)(=O)N2CCC(c3ccn4nc(C)c(C(=O)N5CCC(C)CC5)c4c3)CC2)cc1. The fourth-order valence-corrected chi connectivity index (χ4v) is 7.03. The fraction of sp³-hybridized carbons (Fsp3) is 0.464. The molecule has 1 aromatic carbocycles. The minimum atomic E-state index is -3.62. The Balaban J connectivity index is 1.30. The predicted molar refractivity (Wildman–Crippen MR) is 146 cm³/mol. The van der Waals surface area contributed by atoms with E-state index in [9.17, 15) is 18.0 Å². The molecule has 4 heterocycles. The van der Waals surface area contributed by atoms with Crippen LogP contribution < -0.4 is 5.32 Å². The number of aryl methyl sites for hydroxylation is 1. The molecule has 2 fully saturated rings. The van der Waals surface area contributed by atoms with Gasteiger partial charge in [0.1, 0.15) is 0 Å². The van der Waals surface area contributed by atoms with Crippen LogP contribution in [0, 0.1) is 12.8 Å². The quantitative estimate of drug-likeness (QED) is 0.529. The van der Waals surface area contributed by atoms with Crippen LogP contribution >= 0.6 is 0 Å². The number of amides is 2. The van der Waals surface area contributed by atoms with Crippen molar-refractivity contribution in [1.29, 1.82) is 0 Å². The first-order chi connectivity index (χ1) is 18.1. The number of benzene rings is 1. The maximum Gasteiger partial charge on any atom is 0.257 e. The summed E-state index contributed by atoms with van der Waals surface area (Å²) in [5.74, 6) is 0.688. The van der Waals surface area contributed by atoms with Gasteiger partial charge in [0, 0.05) is 45.0 Å². The van der Waals surface area contributed by atoms with Crippen LogP contribution in [0.1, 0.15) is 67.1 Å². The van der Waals surface area contributed by atoms with Gasteiger partial charge >= 0.3 is 0 Å². The maximum atomic E-state index is 13.4. The van der Waals surface area contributed by atoms with E-state index in [1.165, 1.54) is 23.4 Å². The molecule has 0 unspecified atom stereocenters. The third-order valence-corrected chi connectivity index (χ3v) is 9.77. The number of fused-ring (bicyclic) bond motifs is 1.